The predicted molar refractivity (Wildman–Crippen MR) is 186 cm³/mol. The highest BCUT2D eigenvalue weighted by atomic mass is 32.2. The molecule has 12 heteroatoms. The summed E-state index contributed by atoms with van der Waals surface area (Å²) < 4.78 is 49.4. The highest BCUT2D eigenvalue weighted by Gasteiger charge is 2.51. The lowest BCUT2D eigenvalue weighted by atomic mass is 9.95. The number of anilines is 1. The van der Waals surface area contributed by atoms with E-state index in [9.17, 15) is 4.79 Å². The van der Waals surface area contributed by atoms with E-state index in [1.165, 1.54) is 24.9 Å². The molecule has 0 aliphatic carbocycles. The lowest BCUT2D eigenvalue weighted by Gasteiger charge is -2.47. The first-order chi connectivity index (χ1) is 23.5. The van der Waals surface area contributed by atoms with Gasteiger partial charge in [-0.1, -0.05) is 30.7 Å². The van der Waals surface area contributed by atoms with E-state index in [4.69, 9.17) is 29.2 Å². The Morgan fingerprint density at radius 2 is 1.90 bits per heavy atom. The summed E-state index contributed by atoms with van der Waals surface area (Å²) in [7, 11) is 1.51. The molecule has 2 saturated heterocycles. The molecule has 0 unspecified atom stereocenters. The van der Waals surface area contributed by atoms with E-state index >= 15 is 8.78 Å². The topological polar surface area (TPSA) is 89.9 Å². The van der Waals surface area contributed by atoms with Crippen molar-refractivity contribution in [2.45, 2.75) is 89.2 Å². The summed E-state index contributed by atoms with van der Waals surface area (Å²) in [4.78, 5) is 32.4. The number of thioether (sulfide) groups is 1. The van der Waals surface area contributed by atoms with E-state index < -0.39 is 17.2 Å². The fourth-order valence-corrected chi connectivity index (χ4v) is 8.10. The maximum atomic E-state index is 17.2. The van der Waals surface area contributed by atoms with Crippen LogP contribution in [0.15, 0.2) is 29.4 Å². The van der Waals surface area contributed by atoms with E-state index in [1.54, 1.807) is 25.1 Å². The molecule has 2 bridgehead atoms. The van der Waals surface area contributed by atoms with Gasteiger partial charge in [0.1, 0.15) is 34.2 Å². The molecule has 7 rings (SSSR count). The molecule has 49 heavy (non-hydrogen) atoms. The Morgan fingerprint density at radius 3 is 2.63 bits per heavy atom. The third kappa shape index (κ3) is 5.91. The average Bonchev–Trinajstić information content (AvgIpc) is 3.30. The van der Waals surface area contributed by atoms with Crippen LogP contribution in [0.3, 0.4) is 0 Å². The molecule has 3 aliphatic heterocycles. The minimum absolute atomic E-state index is 0.0273. The molecule has 0 radical (unpaired) electrons. The van der Waals surface area contributed by atoms with Crippen molar-refractivity contribution in [3.05, 3.63) is 47.2 Å². The summed E-state index contributed by atoms with van der Waals surface area (Å²) in [6.07, 6.45) is 2.55. The third-order valence-corrected chi connectivity index (χ3v) is 10.1. The number of carbonyl (C=O) groups excluding carboxylic acids is 1. The molecule has 9 nitrogen and oxygen atoms in total. The van der Waals surface area contributed by atoms with Crippen LogP contribution in [-0.4, -0.2) is 75.9 Å². The molecule has 256 valence electrons. The van der Waals surface area contributed by atoms with Gasteiger partial charge in [0.25, 0.3) is 0 Å². The SMILES string of the molecule is CC#Cc1c(F)ccc2cc(OCOC)cc(-c3nc4c5c(nc(SCC)nc5c3F)N3C[C@H]5CC[C@@H]([C@H]3CC4)N5C(=O)OC(C)(C)C)c12. The minimum Gasteiger partial charge on any atom is -0.468 e. The largest absolute Gasteiger partial charge is 0.468 e. The lowest BCUT2D eigenvalue weighted by molar-refractivity contribution is 0.00721. The summed E-state index contributed by atoms with van der Waals surface area (Å²) in [6.45, 7) is 9.79. The number of carbonyl (C=O) groups is 1. The van der Waals surface area contributed by atoms with E-state index in [1.807, 2.05) is 32.6 Å². The highest BCUT2D eigenvalue weighted by molar-refractivity contribution is 7.99. The van der Waals surface area contributed by atoms with Crippen molar-refractivity contribution in [3.63, 3.8) is 0 Å². The second-order valence-corrected chi connectivity index (χ2v) is 14.8. The third-order valence-electron chi connectivity index (χ3n) is 9.33. The zero-order chi connectivity index (χ0) is 34.6. The van der Waals surface area contributed by atoms with Gasteiger partial charge in [-0.15, -0.1) is 5.92 Å². The molecular weight excluding hydrogens is 649 g/mol. The zero-order valence-electron chi connectivity index (χ0n) is 28.5. The molecule has 2 aromatic heterocycles. The van der Waals surface area contributed by atoms with Crippen LogP contribution in [0, 0.1) is 23.5 Å². The summed E-state index contributed by atoms with van der Waals surface area (Å²) >= 11 is 1.44. The Kier molecular flexibility index (Phi) is 8.78. The number of pyridine rings is 1. The predicted octanol–water partition coefficient (Wildman–Crippen LogP) is 7.49. The number of amides is 1. The number of aryl methyl sites for hydroxylation is 1. The number of aromatic nitrogens is 3. The number of hydrogen-bond acceptors (Lipinski definition) is 9. The molecule has 3 atom stereocenters. The number of ether oxygens (including phenoxy) is 3. The van der Waals surface area contributed by atoms with E-state index in [2.05, 4.69) is 16.7 Å². The number of methoxy groups -OCH3 is 1. The molecule has 5 heterocycles. The molecule has 0 saturated carbocycles. The first kappa shape index (κ1) is 33.3. The quantitative estimate of drug-likeness (QED) is 0.0885. The van der Waals surface area contributed by atoms with Crippen molar-refractivity contribution in [2.24, 2.45) is 0 Å². The number of rotatable bonds is 6. The van der Waals surface area contributed by atoms with Gasteiger partial charge in [-0.2, -0.15) is 0 Å². The van der Waals surface area contributed by atoms with Crippen molar-refractivity contribution in [1.82, 2.24) is 19.9 Å². The smallest absolute Gasteiger partial charge is 0.410 e. The van der Waals surface area contributed by atoms with Gasteiger partial charge in [0.2, 0.25) is 0 Å². The number of piperazine rings is 1. The van der Waals surface area contributed by atoms with Gasteiger partial charge in [0.15, 0.2) is 17.8 Å². The lowest BCUT2D eigenvalue weighted by Crippen LogP contribution is -2.62. The normalized spacial score (nSPS) is 19.8. The number of fused-ring (bicyclic) bond motifs is 6. The van der Waals surface area contributed by atoms with Crippen molar-refractivity contribution >= 4 is 45.3 Å². The second kappa shape index (κ2) is 12.9. The van der Waals surface area contributed by atoms with Gasteiger partial charge >= 0.3 is 6.09 Å². The van der Waals surface area contributed by atoms with Crippen LogP contribution in [0.1, 0.15) is 65.1 Å². The van der Waals surface area contributed by atoms with Crippen molar-refractivity contribution in [2.75, 3.05) is 31.1 Å². The maximum absolute atomic E-state index is 17.2. The van der Waals surface area contributed by atoms with Crippen LogP contribution in [-0.2, 0) is 15.9 Å². The number of hydrogen-bond donors (Lipinski definition) is 0. The van der Waals surface area contributed by atoms with Gasteiger partial charge in [-0.3, -0.25) is 4.90 Å². The molecule has 3 aliphatic rings. The molecule has 2 fully saturated rings. The van der Waals surface area contributed by atoms with E-state index in [-0.39, 0.29) is 47.8 Å². The van der Waals surface area contributed by atoms with E-state index in [0.717, 1.165) is 12.8 Å². The van der Waals surface area contributed by atoms with Crippen molar-refractivity contribution in [3.8, 4) is 28.8 Å². The van der Waals surface area contributed by atoms with Crippen LogP contribution in [0.25, 0.3) is 32.9 Å². The molecule has 0 spiro atoms. The first-order valence-electron chi connectivity index (χ1n) is 16.6. The van der Waals surface area contributed by atoms with Crippen LogP contribution >= 0.6 is 11.8 Å². The zero-order valence-corrected chi connectivity index (χ0v) is 29.3. The average molecular weight is 688 g/mol. The molecule has 1 amide bonds. The summed E-state index contributed by atoms with van der Waals surface area (Å²) in [5.41, 5.74) is 0.741. The van der Waals surface area contributed by atoms with Gasteiger partial charge in [-0.25, -0.2) is 28.5 Å². The van der Waals surface area contributed by atoms with Crippen molar-refractivity contribution in [1.29, 1.82) is 0 Å². The fraction of sp³-hybridized carbons (Fsp3) is 0.459. The van der Waals surface area contributed by atoms with Crippen LogP contribution < -0.4 is 9.64 Å². The van der Waals surface area contributed by atoms with Crippen LogP contribution in [0.4, 0.5) is 19.4 Å². The Labute approximate surface area is 288 Å². The highest BCUT2D eigenvalue weighted by Crippen LogP contribution is 2.46. The number of nitrogens with zero attached hydrogens (tertiary/aromatic N) is 5. The van der Waals surface area contributed by atoms with E-state index in [0.29, 0.717) is 69.3 Å². The molecule has 4 aromatic rings. The molecular formula is C37H39F2N5O4S. The maximum Gasteiger partial charge on any atom is 0.410 e. The summed E-state index contributed by atoms with van der Waals surface area (Å²) in [6, 6.07) is 6.17. The molecule has 0 N–H and O–H groups in total. The van der Waals surface area contributed by atoms with Crippen LogP contribution in [0.2, 0.25) is 0 Å². The van der Waals surface area contributed by atoms with Crippen molar-refractivity contribution < 1.29 is 27.8 Å². The Hall–Kier alpha value is -4.21. The minimum atomic E-state index is -0.626. The Balaban J connectivity index is 1.43. The van der Waals surface area contributed by atoms with Gasteiger partial charge in [0.05, 0.1) is 34.8 Å². The monoisotopic (exact) mass is 687 g/mol. The number of benzene rings is 2. The Bertz CT molecular complexity index is 2040. The second-order valence-electron chi connectivity index (χ2n) is 13.6. The molecule has 2 aromatic carbocycles. The number of halogens is 2. The van der Waals surface area contributed by atoms with Gasteiger partial charge in [-0.05, 0) is 82.7 Å². The van der Waals surface area contributed by atoms with Gasteiger partial charge in [0, 0.05) is 24.6 Å². The van der Waals surface area contributed by atoms with Gasteiger partial charge < -0.3 is 19.1 Å². The summed E-state index contributed by atoms with van der Waals surface area (Å²) in [5.74, 6) is 6.31. The fourth-order valence-electron chi connectivity index (χ4n) is 7.54. The summed E-state index contributed by atoms with van der Waals surface area (Å²) in [5, 5.41) is 2.09. The Morgan fingerprint density at radius 1 is 1.08 bits per heavy atom. The van der Waals surface area contributed by atoms with Crippen LogP contribution in [0.5, 0.6) is 5.75 Å². The first-order valence-corrected chi connectivity index (χ1v) is 17.6. The standard InChI is InChI=1S/C37H39F2N5O4S/c1-7-9-23-25(38)12-10-20-16-22(47-19-46-6)17-24(29(20)23)32-31(39)33-30-26(40-32)13-15-27-28-14-11-21(44(28)36(45)48-37(3,4)5)18-43(27)34(30)42-35(41-33)49-8-2/h10,12,16-17,21,27-28H,8,11,13-15,18-19H2,1-6H3/t21-,27-,28+/m1/s1.